The van der Waals surface area contributed by atoms with Crippen LogP contribution in [0.15, 0.2) is 36.7 Å². The predicted octanol–water partition coefficient (Wildman–Crippen LogP) is 3.21. The van der Waals surface area contributed by atoms with Gasteiger partial charge in [0.05, 0.1) is 5.41 Å². The highest BCUT2D eigenvalue weighted by Crippen LogP contribution is 2.37. The van der Waals surface area contributed by atoms with Crippen LogP contribution < -0.4 is 5.73 Å². The van der Waals surface area contributed by atoms with Crippen LogP contribution in [0, 0.1) is 11.6 Å². The normalized spacial score (nSPS) is 13.7. The molecule has 0 fully saturated rings. The van der Waals surface area contributed by atoms with Gasteiger partial charge >= 0.3 is 0 Å². The monoisotopic (exact) mass is 310 g/mol. The molecule has 0 saturated carbocycles. The summed E-state index contributed by atoms with van der Waals surface area (Å²) >= 11 is 5.66. The van der Waals surface area contributed by atoms with Crippen molar-refractivity contribution in [3.63, 3.8) is 0 Å². The van der Waals surface area contributed by atoms with E-state index in [0.29, 0.717) is 5.56 Å². The van der Waals surface area contributed by atoms with Gasteiger partial charge < -0.3 is 5.73 Å². The fraction of sp³-hybridized carbons (Fsp3) is 0.200. The lowest BCUT2D eigenvalue weighted by atomic mass is 9.77. The van der Waals surface area contributed by atoms with Crippen LogP contribution in [0.4, 0.5) is 14.5 Å². The van der Waals surface area contributed by atoms with Gasteiger partial charge in [0.25, 0.3) is 0 Å². The molecule has 0 saturated heterocycles. The van der Waals surface area contributed by atoms with Crippen LogP contribution in [0.2, 0.25) is 0 Å². The SMILES string of the molecule is CC(Cc1cccnc1)(C(=O)Cl)c1c(N)ccc(F)c1F. The standard InChI is InChI=1S/C15H13ClF2N2O/c1-15(14(16)21,7-9-3-2-6-20-8-9)12-11(19)5-4-10(17)13(12)18/h2-6,8H,7,19H2,1H3. The van der Waals surface area contributed by atoms with E-state index < -0.39 is 22.3 Å². The number of nitrogens with zero attached hydrogens (tertiary/aromatic N) is 1. The molecule has 0 bridgehead atoms. The number of carbonyl (C=O) groups is 1. The Morgan fingerprint density at radius 2 is 2.10 bits per heavy atom. The molecule has 1 aromatic carbocycles. The lowest BCUT2D eigenvalue weighted by molar-refractivity contribution is -0.116. The highest BCUT2D eigenvalue weighted by Gasteiger charge is 2.39. The maximum absolute atomic E-state index is 14.1. The van der Waals surface area contributed by atoms with Crippen LogP contribution in [0.3, 0.4) is 0 Å². The highest BCUT2D eigenvalue weighted by molar-refractivity contribution is 6.65. The number of hydrogen-bond donors (Lipinski definition) is 1. The Morgan fingerprint density at radius 1 is 1.38 bits per heavy atom. The lowest BCUT2D eigenvalue weighted by Crippen LogP contribution is -2.34. The molecular formula is C15H13ClF2N2O. The fourth-order valence-corrected chi connectivity index (χ4v) is 2.45. The number of nitrogens with two attached hydrogens (primary N) is 1. The molecule has 6 heteroatoms. The van der Waals surface area contributed by atoms with Gasteiger partial charge in [0.2, 0.25) is 5.24 Å². The minimum Gasteiger partial charge on any atom is -0.398 e. The van der Waals surface area contributed by atoms with Crippen molar-refractivity contribution < 1.29 is 13.6 Å². The molecule has 1 unspecified atom stereocenters. The number of pyridine rings is 1. The molecule has 1 heterocycles. The van der Waals surface area contributed by atoms with Crippen molar-refractivity contribution in [1.29, 1.82) is 0 Å². The molecule has 2 aromatic rings. The second-order valence-corrected chi connectivity index (χ2v) is 5.31. The maximum Gasteiger partial charge on any atom is 0.232 e. The summed E-state index contributed by atoms with van der Waals surface area (Å²) in [6.07, 6.45) is 3.17. The zero-order valence-corrected chi connectivity index (χ0v) is 12.0. The summed E-state index contributed by atoms with van der Waals surface area (Å²) < 4.78 is 27.6. The van der Waals surface area contributed by atoms with Crippen LogP contribution in [0.25, 0.3) is 0 Å². The van der Waals surface area contributed by atoms with Crippen LogP contribution in [-0.4, -0.2) is 10.2 Å². The molecule has 0 amide bonds. The van der Waals surface area contributed by atoms with E-state index in [1.807, 2.05) is 0 Å². The van der Waals surface area contributed by atoms with Gasteiger partial charge in [0.1, 0.15) is 0 Å². The zero-order valence-electron chi connectivity index (χ0n) is 11.2. The third kappa shape index (κ3) is 2.88. The minimum atomic E-state index is -1.49. The average molecular weight is 311 g/mol. The Balaban J connectivity index is 2.58. The molecule has 1 atom stereocenters. The minimum absolute atomic E-state index is 0.0192. The van der Waals surface area contributed by atoms with Gasteiger partial charge in [-0.1, -0.05) is 6.07 Å². The second kappa shape index (κ2) is 5.77. The van der Waals surface area contributed by atoms with Gasteiger partial charge in [-0.3, -0.25) is 9.78 Å². The highest BCUT2D eigenvalue weighted by atomic mass is 35.5. The number of rotatable bonds is 4. The third-order valence-corrected chi connectivity index (χ3v) is 3.81. The number of hydrogen-bond acceptors (Lipinski definition) is 3. The quantitative estimate of drug-likeness (QED) is 0.697. The number of halogens is 3. The molecule has 2 N–H and O–H groups in total. The van der Waals surface area contributed by atoms with E-state index in [9.17, 15) is 13.6 Å². The van der Waals surface area contributed by atoms with Crippen molar-refractivity contribution in [2.75, 3.05) is 5.73 Å². The van der Waals surface area contributed by atoms with Crippen molar-refractivity contribution in [3.8, 4) is 0 Å². The maximum atomic E-state index is 14.1. The summed E-state index contributed by atoms with van der Waals surface area (Å²) in [7, 11) is 0. The van der Waals surface area contributed by atoms with E-state index in [1.54, 1.807) is 18.3 Å². The molecule has 0 spiro atoms. The summed E-state index contributed by atoms with van der Waals surface area (Å²) in [6, 6.07) is 5.53. The van der Waals surface area contributed by atoms with Crippen LogP contribution >= 0.6 is 11.6 Å². The third-order valence-electron chi connectivity index (χ3n) is 3.39. The Kier molecular flexibility index (Phi) is 4.23. The van der Waals surface area contributed by atoms with E-state index in [4.69, 9.17) is 17.3 Å². The Morgan fingerprint density at radius 3 is 2.67 bits per heavy atom. The van der Waals surface area contributed by atoms with Crippen molar-refractivity contribution in [1.82, 2.24) is 4.98 Å². The molecule has 1 aromatic heterocycles. The first-order valence-electron chi connectivity index (χ1n) is 6.19. The Labute approximate surface area is 125 Å². The van der Waals surface area contributed by atoms with Crippen molar-refractivity contribution >= 4 is 22.5 Å². The predicted molar refractivity (Wildman–Crippen MR) is 76.9 cm³/mol. The molecule has 0 aliphatic carbocycles. The summed E-state index contributed by atoms with van der Waals surface area (Å²) in [5, 5.41) is -0.817. The van der Waals surface area contributed by atoms with Crippen LogP contribution in [-0.2, 0) is 16.6 Å². The van der Waals surface area contributed by atoms with E-state index in [-0.39, 0.29) is 17.7 Å². The number of nitrogen functional groups attached to an aromatic ring is 1. The smallest absolute Gasteiger partial charge is 0.232 e. The van der Waals surface area contributed by atoms with E-state index in [0.717, 1.165) is 6.07 Å². The van der Waals surface area contributed by atoms with E-state index >= 15 is 0 Å². The van der Waals surface area contributed by atoms with Gasteiger partial charge in [-0.05, 0) is 48.7 Å². The summed E-state index contributed by atoms with van der Waals surface area (Å²) in [6.45, 7) is 1.43. The topological polar surface area (TPSA) is 56.0 Å². The Bertz CT molecular complexity index is 679. The summed E-state index contributed by atoms with van der Waals surface area (Å²) in [5.74, 6) is -2.23. The number of anilines is 1. The van der Waals surface area contributed by atoms with Gasteiger partial charge in [0, 0.05) is 23.6 Å². The fourth-order valence-electron chi connectivity index (χ4n) is 2.29. The summed E-state index contributed by atoms with van der Waals surface area (Å²) in [4.78, 5) is 15.8. The largest absolute Gasteiger partial charge is 0.398 e. The average Bonchev–Trinajstić information content (AvgIpc) is 2.44. The van der Waals surface area contributed by atoms with Crippen molar-refractivity contribution in [2.24, 2.45) is 0 Å². The first kappa shape index (κ1) is 15.4. The van der Waals surface area contributed by atoms with Gasteiger partial charge in [-0.15, -0.1) is 0 Å². The molecule has 2 rings (SSSR count). The first-order valence-corrected chi connectivity index (χ1v) is 6.57. The van der Waals surface area contributed by atoms with Gasteiger partial charge in [0.15, 0.2) is 11.6 Å². The second-order valence-electron chi connectivity index (χ2n) is 4.97. The Hall–Kier alpha value is -2.01. The first-order chi connectivity index (χ1) is 9.86. The molecule has 0 radical (unpaired) electrons. The number of aromatic nitrogens is 1. The molecular weight excluding hydrogens is 298 g/mol. The number of carbonyl (C=O) groups excluding carboxylic acids is 1. The molecule has 0 aliphatic rings. The van der Waals surface area contributed by atoms with Crippen molar-refractivity contribution in [2.45, 2.75) is 18.8 Å². The van der Waals surface area contributed by atoms with Crippen molar-refractivity contribution in [3.05, 3.63) is 59.4 Å². The molecule has 3 nitrogen and oxygen atoms in total. The zero-order chi connectivity index (χ0) is 15.6. The lowest BCUT2D eigenvalue weighted by Gasteiger charge is -2.28. The van der Waals surface area contributed by atoms with E-state index in [1.165, 1.54) is 19.2 Å². The van der Waals surface area contributed by atoms with Crippen LogP contribution in [0.5, 0.6) is 0 Å². The molecule has 110 valence electrons. The number of benzene rings is 1. The van der Waals surface area contributed by atoms with Crippen LogP contribution in [0.1, 0.15) is 18.1 Å². The molecule has 0 aliphatic heterocycles. The van der Waals surface area contributed by atoms with E-state index in [2.05, 4.69) is 4.98 Å². The van der Waals surface area contributed by atoms with Gasteiger partial charge in [-0.25, -0.2) is 8.78 Å². The van der Waals surface area contributed by atoms with Gasteiger partial charge in [-0.2, -0.15) is 0 Å². The summed E-state index contributed by atoms with van der Waals surface area (Å²) in [5.41, 5.74) is 4.66. The molecule has 21 heavy (non-hydrogen) atoms.